The van der Waals surface area contributed by atoms with E-state index in [0.717, 1.165) is 61.5 Å². The summed E-state index contributed by atoms with van der Waals surface area (Å²) in [5.74, 6) is 2.27. The molecule has 170 valence electrons. The Kier molecular flexibility index (Phi) is 6.57. The second-order valence-electron chi connectivity index (χ2n) is 8.75. The average molecular weight is 455 g/mol. The highest BCUT2D eigenvalue weighted by atomic mass is 32.2. The number of rotatable bonds is 6. The number of nitrogens with one attached hydrogen (secondary N) is 1. The van der Waals surface area contributed by atoms with Gasteiger partial charge in [-0.2, -0.15) is 0 Å². The van der Waals surface area contributed by atoms with Crippen molar-refractivity contribution in [1.82, 2.24) is 10.2 Å². The molecule has 3 saturated heterocycles. The number of alkyl carbamates (subject to hydrolysis) is 1. The first-order valence-corrected chi connectivity index (χ1v) is 12.4. The van der Waals surface area contributed by atoms with Gasteiger partial charge in [-0.25, -0.2) is 4.79 Å². The van der Waals surface area contributed by atoms with Crippen LogP contribution < -0.4 is 10.1 Å². The third kappa shape index (κ3) is 4.75. The van der Waals surface area contributed by atoms with Crippen molar-refractivity contribution in [2.45, 2.75) is 36.3 Å². The van der Waals surface area contributed by atoms with Crippen LogP contribution in [0, 0.1) is 5.92 Å². The van der Waals surface area contributed by atoms with Crippen LogP contribution in [0.25, 0.3) is 11.1 Å². The third-order valence-electron chi connectivity index (χ3n) is 6.71. The maximum atomic E-state index is 12.7. The smallest absolute Gasteiger partial charge is 0.407 e. The summed E-state index contributed by atoms with van der Waals surface area (Å²) < 4.78 is 16.4. The van der Waals surface area contributed by atoms with Gasteiger partial charge in [0.2, 0.25) is 0 Å². The molecule has 4 heterocycles. The van der Waals surface area contributed by atoms with E-state index in [1.54, 1.807) is 7.11 Å². The molecular weight excluding hydrogens is 424 g/mol. The first kappa shape index (κ1) is 21.6. The highest BCUT2D eigenvalue weighted by Crippen LogP contribution is 2.39. The Labute approximate surface area is 193 Å². The van der Waals surface area contributed by atoms with Crippen molar-refractivity contribution in [3.05, 3.63) is 48.0 Å². The Hall–Kier alpha value is -2.22. The maximum Gasteiger partial charge on any atom is 0.407 e. The number of hydrogen-bond donors (Lipinski definition) is 1. The second kappa shape index (κ2) is 9.73. The molecule has 0 spiro atoms. The number of fused-ring (bicyclic) bond motifs is 4. The Morgan fingerprint density at radius 3 is 2.75 bits per heavy atom. The third-order valence-corrected chi connectivity index (χ3v) is 7.81. The number of methoxy groups -OCH3 is 1. The predicted molar refractivity (Wildman–Crippen MR) is 125 cm³/mol. The van der Waals surface area contributed by atoms with E-state index in [-0.39, 0.29) is 25.0 Å². The van der Waals surface area contributed by atoms with Crippen LogP contribution in [0.15, 0.2) is 47.4 Å². The SMILES string of the molecule is COCOc1cccc(-c2ccc3c(c2)SCCC3NC(=O)O[C@H]2CN3CCC2CC3)c1. The summed E-state index contributed by atoms with van der Waals surface area (Å²) in [5, 5.41) is 3.15. The molecule has 0 radical (unpaired) electrons. The van der Waals surface area contributed by atoms with Gasteiger partial charge < -0.3 is 19.5 Å². The zero-order chi connectivity index (χ0) is 21.9. The summed E-state index contributed by atoms with van der Waals surface area (Å²) in [6.07, 6.45) is 2.94. The number of amides is 1. The average Bonchev–Trinajstić information content (AvgIpc) is 2.83. The van der Waals surface area contributed by atoms with Crippen LogP contribution in [-0.4, -0.2) is 56.4 Å². The first-order chi connectivity index (χ1) is 15.7. The van der Waals surface area contributed by atoms with Crippen LogP contribution in [-0.2, 0) is 9.47 Å². The molecule has 2 aromatic carbocycles. The molecule has 1 unspecified atom stereocenters. The van der Waals surface area contributed by atoms with Gasteiger partial charge >= 0.3 is 6.09 Å². The number of nitrogens with zero attached hydrogens (tertiary/aromatic N) is 1. The molecule has 0 saturated carbocycles. The van der Waals surface area contributed by atoms with E-state index in [2.05, 4.69) is 34.5 Å². The van der Waals surface area contributed by atoms with Crippen LogP contribution >= 0.6 is 11.8 Å². The van der Waals surface area contributed by atoms with Gasteiger partial charge in [0.15, 0.2) is 6.79 Å². The molecule has 3 fully saturated rings. The summed E-state index contributed by atoms with van der Waals surface area (Å²) in [7, 11) is 1.61. The standard InChI is InChI=1S/C25H30N2O4S/c1-29-16-30-20-4-2-3-18(13-20)19-5-6-21-22(9-12-32-24(21)14-19)26-25(28)31-23-15-27-10-7-17(23)8-11-27/h2-6,13-14,17,22-23H,7-12,15-16H2,1H3,(H,26,28)/t22?,23-/m0/s1. The summed E-state index contributed by atoms with van der Waals surface area (Å²) >= 11 is 1.84. The Morgan fingerprint density at radius 1 is 1.12 bits per heavy atom. The number of thioether (sulfide) groups is 1. The Bertz CT molecular complexity index is 961. The summed E-state index contributed by atoms with van der Waals surface area (Å²) in [6.45, 7) is 3.39. The van der Waals surface area contributed by atoms with Gasteiger partial charge in [0.25, 0.3) is 0 Å². The fourth-order valence-corrected chi connectivity index (χ4v) is 6.13. The molecule has 4 aliphatic heterocycles. The van der Waals surface area contributed by atoms with Crippen LogP contribution in [0.4, 0.5) is 4.79 Å². The molecule has 4 aliphatic rings. The van der Waals surface area contributed by atoms with Crippen molar-refractivity contribution in [1.29, 1.82) is 0 Å². The topological polar surface area (TPSA) is 60.0 Å². The van der Waals surface area contributed by atoms with Gasteiger partial charge in [-0.05, 0) is 73.2 Å². The molecule has 1 amide bonds. The zero-order valence-corrected chi connectivity index (χ0v) is 19.2. The molecule has 6 nitrogen and oxygen atoms in total. The van der Waals surface area contributed by atoms with E-state index in [1.807, 2.05) is 30.0 Å². The van der Waals surface area contributed by atoms with E-state index < -0.39 is 0 Å². The largest absolute Gasteiger partial charge is 0.468 e. The normalized spacial score (nSPS) is 26.3. The molecule has 2 atom stereocenters. The van der Waals surface area contributed by atoms with E-state index in [0.29, 0.717) is 5.92 Å². The lowest BCUT2D eigenvalue weighted by atomic mass is 9.86. The molecule has 1 N–H and O–H groups in total. The van der Waals surface area contributed by atoms with Crippen molar-refractivity contribution in [2.24, 2.45) is 5.92 Å². The van der Waals surface area contributed by atoms with Crippen LogP contribution in [0.2, 0.25) is 0 Å². The number of carbonyl (C=O) groups excluding carboxylic acids is 1. The number of ether oxygens (including phenoxy) is 3. The maximum absolute atomic E-state index is 12.7. The molecular formula is C25H30N2O4S. The van der Waals surface area contributed by atoms with Crippen LogP contribution in [0.5, 0.6) is 5.75 Å². The molecule has 0 aliphatic carbocycles. The number of piperidine rings is 3. The van der Waals surface area contributed by atoms with Gasteiger partial charge in [0, 0.05) is 24.3 Å². The fraction of sp³-hybridized carbons (Fsp3) is 0.480. The minimum absolute atomic E-state index is 0.00902. The van der Waals surface area contributed by atoms with Crippen molar-refractivity contribution in [3.8, 4) is 16.9 Å². The molecule has 7 heteroatoms. The highest BCUT2D eigenvalue weighted by Gasteiger charge is 2.37. The number of carbonyl (C=O) groups is 1. The second-order valence-corrected chi connectivity index (χ2v) is 9.88. The van der Waals surface area contributed by atoms with Gasteiger partial charge in [-0.1, -0.05) is 24.3 Å². The van der Waals surface area contributed by atoms with Crippen molar-refractivity contribution >= 4 is 17.9 Å². The van der Waals surface area contributed by atoms with E-state index in [9.17, 15) is 4.79 Å². The van der Waals surface area contributed by atoms with E-state index in [1.165, 1.54) is 10.5 Å². The zero-order valence-electron chi connectivity index (χ0n) is 18.4. The lowest BCUT2D eigenvalue weighted by Gasteiger charge is -2.44. The predicted octanol–water partition coefficient (Wildman–Crippen LogP) is 4.69. The summed E-state index contributed by atoms with van der Waals surface area (Å²) in [4.78, 5) is 16.3. The van der Waals surface area contributed by atoms with E-state index in [4.69, 9.17) is 14.2 Å². The molecule has 32 heavy (non-hydrogen) atoms. The van der Waals surface area contributed by atoms with Crippen molar-refractivity contribution in [3.63, 3.8) is 0 Å². The highest BCUT2D eigenvalue weighted by molar-refractivity contribution is 7.99. The van der Waals surface area contributed by atoms with Crippen molar-refractivity contribution < 1.29 is 19.0 Å². The van der Waals surface area contributed by atoms with Gasteiger partial charge in [-0.15, -0.1) is 11.8 Å². The van der Waals surface area contributed by atoms with Gasteiger partial charge in [0.1, 0.15) is 11.9 Å². The van der Waals surface area contributed by atoms with Crippen LogP contribution in [0.3, 0.4) is 0 Å². The Balaban J connectivity index is 1.26. The van der Waals surface area contributed by atoms with Crippen LogP contribution in [0.1, 0.15) is 30.9 Å². The molecule has 6 rings (SSSR count). The first-order valence-electron chi connectivity index (χ1n) is 11.4. The van der Waals surface area contributed by atoms with Gasteiger partial charge in [-0.3, -0.25) is 4.90 Å². The monoisotopic (exact) mass is 454 g/mol. The molecule has 2 aromatic rings. The summed E-state index contributed by atoms with van der Waals surface area (Å²) in [5.41, 5.74) is 3.40. The van der Waals surface area contributed by atoms with Gasteiger partial charge in [0.05, 0.1) is 6.04 Å². The lowest BCUT2D eigenvalue weighted by molar-refractivity contribution is -0.0339. The number of hydrogen-bond acceptors (Lipinski definition) is 6. The minimum Gasteiger partial charge on any atom is -0.468 e. The quantitative estimate of drug-likeness (QED) is 0.639. The summed E-state index contributed by atoms with van der Waals surface area (Å²) in [6, 6.07) is 14.5. The molecule has 2 bridgehead atoms. The fourth-order valence-electron chi connectivity index (χ4n) is 4.97. The van der Waals surface area contributed by atoms with E-state index >= 15 is 0 Å². The molecule has 0 aromatic heterocycles. The Morgan fingerprint density at radius 2 is 1.97 bits per heavy atom. The minimum atomic E-state index is -0.279. The lowest BCUT2D eigenvalue weighted by Crippen LogP contribution is -2.52. The number of benzene rings is 2. The van der Waals surface area contributed by atoms with Crippen molar-refractivity contribution in [2.75, 3.05) is 39.3 Å².